The average Bonchev–Trinajstić information content (AvgIpc) is 3.18. The summed E-state index contributed by atoms with van der Waals surface area (Å²) in [6.45, 7) is 4.32. The molecule has 19 heavy (non-hydrogen) atoms. The number of rotatable bonds is 7. The van der Waals surface area contributed by atoms with Gasteiger partial charge in [0.05, 0.1) is 18.8 Å². The van der Waals surface area contributed by atoms with E-state index in [0.717, 1.165) is 32.4 Å². The number of ether oxygens (including phenoxy) is 1. The smallest absolute Gasteiger partial charge is 0.223 e. The van der Waals surface area contributed by atoms with Gasteiger partial charge in [-0.25, -0.2) is 0 Å². The van der Waals surface area contributed by atoms with Crippen LogP contribution in [-0.4, -0.2) is 60.9 Å². The van der Waals surface area contributed by atoms with Gasteiger partial charge in [-0.1, -0.05) is 13.3 Å². The van der Waals surface area contributed by atoms with Crippen LogP contribution in [0, 0.1) is 5.92 Å². The SMILES string of the molecule is CCCCN(C)CC1OCC(NC(=O)C2CC2)C1O. The molecule has 1 aliphatic heterocycles. The van der Waals surface area contributed by atoms with E-state index in [-0.39, 0.29) is 24.0 Å². The molecule has 1 aliphatic carbocycles. The fourth-order valence-electron chi connectivity index (χ4n) is 2.44. The highest BCUT2D eigenvalue weighted by Crippen LogP contribution is 2.29. The fourth-order valence-corrected chi connectivity index (χ4v) is 2.44. The first kappa shape index (κ1) is 14.8. The highest BCUT2D eigenvalue weighted by Gasteiger charge is 2.39. The molecule has 1 saturated heterocycles. The number of unbranched alkanes of at least 4 members (excludes halogenated alkanes) is 1. The van der Waals surface area contributed by atoms with Gasteiger partial charge in [-0.05, 0) is 32.9 Å². The van der Waals surface area contributed by atoms with Crippen molar-refractivity contribution in [1.82, 2.24) is 10.2 Å². The standard InChI is InChI=1S/C14H26N2O3/c1-3-4-7-16(2)8-12-13(17)11(9-19-12)15-14(18)10-5-6-10/h10-13,17H,3-9H2,1-2H3,(H,15,18). The average molecular weight is 270 g/mol. The summed E-state index contributed by atoms with van der Waals surface area (Å²) in [5.74, 6) is 0.256. The summed E-state index contributed by atoms with van der Waals surface area (Å²) >= 11 is 0. The maximum Gasteiger partial charge on any atom is 0.223 e. The zero-order valence-corrected chi connectivity index (χ0v) is 12.0. The van der Waals surface area contributed by atoms with Crippen molar-refractivity contribution < 1.29 is 14.6 Å². The summed E-state index contributed by atoms with van der Waals surface area (Å²) in [5.41, 5.74) is 0. The lowest BCUT2D eigenvalue weighted by atomic mass is 10.1. The second-order valence-electron chi connectivity index (χ2n) is 5.87. The minimum absolute atomic E-state index is 0.0765. The van der Waals surface area contributed by atoms with Crippen LogP contribution in [0.5, 0.6) is 0 Å². The summed E-state index contributed by atoms with van der Waals surface area (Å²) < 4.78 is 5.62. The molecule has 3 atom stereocenters. The number of likely N-dealkylation sites (N-methyl/N-ethyl adjacent to an activating group) is 1. The van der Waals surface area contributed by atoms with Crippen LogP contribution in [0.1, 0.15) is 32.6 Å². The molecule has 0 aromatic rings. The molecular weight excluding hydrogens is 244 g/mol. The Balaban J connectivity index is 1.73. The molecule has 2 fully saturated rings. The number of nitrogens with one attached hydrogen (secondary N) is 1. The highest BCUT2D eigenvalue weighted by molar-refractivity contribution is 5.81. The van der Waals surface area contributed by atoms with Crippen LogP contribution in [0.3, 0.4) is 0 Å². The molecule has 0 spiro atoms. The topological polar surface area (TPSA) is 61.8 Å². The third-order valence-electron chi connectivity index (χ3n) is 3.94. The van der Waals surface area contributed by atoms with Gasteiger partial charge >= 0.3 is 0 Å². The van der Waals surface area contributed by atoms with Crippen LogP contribution in [-0.2, 0) is 9.53 Å². The van der Waals surface area contributed by atoms with Gasteiger partial charge in [0, 0.05) is 12.5 Å². The van der Waals surface area contributed by atoms with Crippen LogP contribution in [0.25, 0.3) is 0 Å². The van der Waals surface area contributed by atoms with E-state index in [0.29, 0.717) is 6.61 Å². The Labute approximate surface area is 115 Å². The van der Waals surface area contributed by atoms with Crippen molar-refractivity contribution in [2.45, 2.75) is 50.9 Å². The first-order chi connectivity index (χ1) is 9.11. The molecule has 1 saturated carbocycles. The largest absolute Gasteiger partial charge is 0.388 e. The molecule has 3 unspecified atom stereocenters. The normalized spacial score (nSPS) is 30.8. The van der Waals surface area contributed by atoms with E-state index in [1.165, 1.54) is 6.42 Å². The van der Waals surface area contributed by atoms with Gasteiger partial charge in [-0.15, -0.1) is 0 Å². The van der Waals surface area contributed by atoms with Gasteiger partial charge < -0.3 is 20.1 Å². The molecule has 110 valence electrons. The van der Waals surface area contributed by atoms with E-state index >= 15 is 0 Å². The lowest BCUT2D eigenvalue weighted by Crippen LogP contribution is -2.47. The lowest BCUT2D eigenvalue weighted by molar-refractivity contribution is -0.123. The zero-order valence-electron chi connectivity index (χ0n) is 12.0. The number of nitrogens with zero attached hydrogens (tertiary/aromatic N) is 1. The highest BCUT2D eigenvalue weighted by atomic mass is 16.5. The van der Waals surface area contributed by atoms with Crippen LogP contribution >= 0.6 is 0 Å². The maximum absolute atomic E-state index is 11.7. The monoisotopic (exact) mass is 270 g/mol. The first-order valence-electron chi connectivity index (χ1n) is 7.40. The quantitative estimate of drug-likeness (QED) is 0.702. The van der Waals surface area contributed by atoms with Crippen molar-refractivity contribution in [3.05, 3.63) is 0 Å². The van der Waals surface area contributed by atoms with Crippen molar-refractivity contribution in [3.63, 3.8) is 0 Å². The van der Waals surface area contributed by atoms with Crippen molar-refractivity contribution in [2.75, 3.05) is 26.7 Å². The molecule has 2 rings (SSSR count). The second kappa shape index (κ2) is 6.68. The Morgan fingerprint density at radius 1 is 1.47 bits per heavy atom. The molecule has 0 aromatic heterocycles. The Kier molecular flexibility index (Phi) is 5.19. The molecule has 1 amide bonds. The second-order valence-corrected chi connectivity index (χ2v) is 5.87. The molecule has 2 N–H and O–H groups in total. The molecule has 0 radical (unpaired) electrons. The number of hydrogen-bond donors (Lipinski definition) is 2. The maximum atomic E-state index is 11.7. The van der Waals surface area contributed by atoms with Gasteiger partial charge in [0.25, 0.3) is 0 Å². The molecule has 1 heterocycles. The first-order valence-corrected chi connectivity index (χ1v) is 7.40. The number of aliphatic hydroxyl groups is 1. The summed E-state index contributed by atoms with van der Waals surface area (Å²) in [6.07, 6.45) is 3.51. The van der Waals surface area contributed by atoms with Crippen molar-refractivity contribution in [1.29, 1.82) is 0 Å². The van der Waals surface area contributed by atoms with Gasteiger partial charge in [-0.2, -0.15) is 0 Å². The summed E-state index contributed by atoms with van der Waals surface area (Å²) in [7, 11) is 2.04. The van der Waals surface area contributed by atoms with Crippen LogP contribution in [0.15, 0.2) is 0 Å². The molecular formula is C14H26N2O3. The van der Waals surface area contributed by atoms with Gasteiger partial charge in [0.1, 0.15) is 6.10 Å². The van der Waals surface area contributed by atoms with Crippen molar-refractivity contribution >= 4 is 5.91 Å². The fraction of sp³-hybridized carbons (Fsp3) is 0.929. The minimum atomic E-state index is -0.591. The number of hydrogen-bond acceptors (Lipinski definition) is 4. The Morgan fingerprint density at radius 3 is 2.84 bits per heavy atom. The summed E-state index contributed by atoms with van der Waals surface area (Å²) in [4.78, 5) is 13.9. The van der Waals surface area contributed by atoms with Gasteiger partial charge in [0.2, 0.25) is 5.91 Å². The summed E-state index contributed by atoms with van der Waals surface area (Å²) in [6, 6.07) is -0.238. The number of carbonyl (C=O) groups is 1. The molecule has 5 heteroatoms. The molecule has 5 nitrogen and oxygen atoms in total. The summed E-state index contributed by atoms with van der Waals surface area (Å²) in [5, 5.41) is 13.1. The Hall–Kier alpha value is -0.650. The predicted octanol–water partition coefficient (Wildman–Crippen LogP) is 0.373. The third kappa shape index (κ3) is 4.16. The predicted molar refractivity (Wildman–Crippen MR) is 72.8 cm³/mol. The number of amides is 1. The Morgan fingerprint density at radius 2 is 2.21 bits per heavy atom. The lowest BCUT2D eigenvalue weighted by Gasteiger charge is -2.23. The number of aliphatic hydroxyl groups excluding tert-OH is 1. The van der Waals surface area contributed by atoms with Crippen molar-refractivity contribution in [3.8, 4) is 0 Å². The minimum Gasteiger partial charge on any atom is -0.388 e. The molecule has 0 bridgehead atoms. The molecule has 2 aliphatic rings. The van der Waals surface area contributed by atoms with Crippen LogP contribution in [0.4, 0.5) is 0 Å². The number of carbonyl (C=O) groups excluding carboxylic acids is 1. The zero-order chi connectivity index (χ0) is 13.8. The van der Waals surface area contributed by atoms with Gasteiger partial charge in [0.15, 0.2) is 0 Å². The van der Waals surface area contributed by atoms with E-state index in [1.807, 2.05) is 7.05 Å². The van der Waals surface area contributed by atoms with E-state index in [1.54, 1.807) is 0 Å². The van der Waals surface area contributed by atoms with Crippen molar-refractivity contribution in [2.24, 2.45) is 5.92 Å². The van der Waals surface area contributed by atoms with E-state index in [4.69, 9.17) is 4.74 Å². The van der Waals surface area contributed by atoms with Gasteiger partial charge in [-0.3, -0.25) is 4.79 Å². The van der Waals surface area contributed by atoms with E-state index in [9.17, 15) is 9.90 Å². The Bertz CT molecular complexity index is 307. The van der Waals surface area contributed by atoms with E-state index in [2.05, 4.69) is 17.1 Å². The molecule has 0 aromatic carbocycles. The van der Waals surface area contributed by atoms with E-state index < -0.39 is 6.10 Å². The van der Waals surface area contributed by atoms with Crippen LogP contribution in [0.2, 0.25) is 0 Å². The third-order valence-corrected chi connectivity index (χ3v) is 3.94. The van der Waals surface area contributed by atoms with Crippen LogP contribution < -0.4 is 5.32 Å².